The molecule has 108 valence electrons. The van der Waals surface area contributed by atoms with Crippen molar-refractivity contribution in [2.45, 2.75) is 0 Å². The Hall–Kier alpha value is -2.79. The average Bonchev–Trinajstić information content (AvgIpc) is 2.53. The molecular formula is C16H10ClN3O2. The Morgan fingerprint density at radius 2 is 1.86 bits per heavy atom. The Balaban J connectivity index is 1.93. The summed E-state index contributed by atoms with van der Waals surface area (Å²) in [6.07, 6.45) is 5.25. The van der Waals surface area contributed by atoms with Crippen molar-refractivity contribution in [3.8, 4) is 0 Å². The summed E-state index contributed by atoms with van der Waals surface area (Å²) in [6, 6.07) is 11.9. The molecule has 0 atom stereocenters. The van der Waals surface area contributed by atoms with E-state index in [0.29, 0.717) is 16.4 Å². The van der Waals surface area contributed by atoms with E-state index in [9.17, 15) is 10.1 Å². The maximum absolute atomic E-state index is 10.8. The van der Waals surface area contributed by atoms with E-state index in [4.69, 9.17) is 11.6 Å². The zero-order valence-corrected chi connectivity index (χ0v) is 12.1. The molecule has 0 saturated heterocycles. The molecule has 0 amide bonds. The van der Waals surface area contributed by atoms with Crippen molar-refractivity contribution in [2.75, 3.05) is 0 Å². The molecule has 2 aromatic carbocycles. The Morgan fingerprint density at radius 1 is 1.09 bits per heavy atom. The minimum Gasteiger partial charge on any atom is -0.258 e. The third-order valence-electron chi connectivity index (χ3n) is 3.09. The predicted molar refractivity (Wildman–Crippen MR) is 86.6 cm³/mol. The van der Waals surface area contributed by atoms with Gasteiger partial charge < -0.3 is 0 Å². The Labute approximate surface area is 131 Å². The third kappa shape index (κ3) is 3.10. The number of hydrogen-bond acceptors (Lipinski definition) is 4. The van der Waals surface area contributed by atoms with Crippen molar-refractivity contribution >= 4 is 40.3 Å². The van der Waals surface area contributed by atoms with Crippen LogP contribution in [0.4, 0.5) is 5.69 Å². The van der Waals surface area contributed by atoms with Gasteiger partial charge in [-0.1, -0.05) is 29.8 Å². The summed E-state index contributed by atoms with van der Waals surface area (Å²) in [5.74, 6) is 0.489. The van der Waals surface area contributed by atoms with Crippen LogP contribution in [0.5, 0.6) is 0 Å². The van der Waals surface area contributed by atoms with Crippen LogP contribution in [-0.2, 0) is 0 Å². The average molecular weight is 312 g/mol. The first-order valence-electron chi connectivity index (χ1n) is 6.47. The number of hydrogen-bond donors (Lipinski definition) is 0. The molecule has 3 aromatic rings. The molecule has 0 unspecified atom stereocenters. The summed E-state index contributed by atoms with van der Waals surface area (Å²) in [7, 11) is 0. The monoisotopic (exact) mass is 311 g/mol. The number of nitro groups is 1. The highest BCUT2D eigenvalue weighted by molar-refractivity contribution is 6.30. The van der Waals surface area contributed by atoms with Crippen molar-refractivity contribution in [2.24, 2.45) is 0 Å². The molecule has 1 heterocycles. The van der Waals surface area contributed by atoms with E-state index in [2.05, 4.69) is 9.97 Å². The van der Waals surface area contributed by atoms with Gasteiger partial charge in [0.05, 0.1) is 10.4 Å². The molecule has 0 aliphatic carbocycles. The number of rotatable bonds is 3. The van der Waals surface area contributed by atoms with E-state index in [1.165, 1.54) is 12.1 Å². The fourth-order valence-corrected chi connectivity index (χ4v) is 2.09. The molecule has 3 rings (SSSR count). The summed E-state index contributed by atoms with van der Waals surface area (Å²) in [4.78, 5) is 18.9. The molecule has 6 heteroatoms. The molecule has 1 aromatic heterocycles. The van der Waals surface area contributed by atoms with Gasteiger partial charge in [-0.2, -0.15) is 0 Å². The van der Waals surface area contributed by atoms with Gasteiger partial charge in [-0.3, -0.25) is 10.1 Å². The van der Waals surface area contributed by atoms with Gasteiger partial charge in [-0.05, 0) is 29.8 Å². The lowest BCUT2D eigenvalue weighted by Crippen LogP contribution is -1.91. The highest BCUT2D eigenvalue weighted by Gasteiger charge is 2.07. The molecular weight excluding hydrogens is 302 g/mol. The van der Waals surface area contributed by atoms with Gasteiger partial charge in [-0.25, -0.2) is 9.97 Å². The molecule has 0 saturated carbocycles. The first-order chi connectivity index (χ1) is 10.6. The van der Waals surface area contributed by atoms with E-state index in [1.807, 2.05) is 18.2 Å². The molecule has 0 spiro atoms. The van der Waals surface area contributed by atoms with Gasteiger partial charge in [0.2, 0.25) is 0 Å². The normalized spacial score (nSPS) is 11.1. The van der Waals surface area contributed by atoms with Crippen molar-refractivity contribution in [3.05, 3.63) is 75.2 Å². The van der Waals surface area contributed by atoms with Gasteiger partial charge in [0, 0.05) is 28.7 Å². The quantitative estimate of drug-likeness (QED) is 0.532. The fourth-order valence-electron chi connectivity index (χ4n) is 1.96. The van der Waals surface area contributed by atoms with Crippen LogP contribution in [0.15, 0.2) is 48.7 Å². The van der Waals surface area contributed by atoms with Gasteiger partial charge in [0.1, 0.15) is 0 Å². The smallest absolute Gasteiger partial charge is 0.258 e. The topological polar surface area (TPSA) is 68.9 Å². The van der Waals surface area contributed by atoms with Gasteiger partial charge >= 0.3 is 0 Å². The van der Waals surface area contributed by atoms with Crippen LogP contribution in [0, 0.1) is 10.1 Å². The van der Waals surface area contributed by atoms with Crippen LogP contribution in [0.1, 0.15) is 11.4 Å². The van der Waals surface area contributed by atoms with E-state index in [0.717, 1.165) is 10.9 Å². The van der Waals surface area contributed by atoms with E-state index >= 15 is 0 Å². The summed E-state index contributed by atoms with van der Waals surface area (Å²) in [5.41, 5.74) is 1.52. The van der Waals surface area contributed by atoms with E-state index < -0.39 is 4.92 Å². The molecule has 0 radical (unpaired) electrons. The number of nitro benzene ring substituents is 1. The van der Waals surface area contributed by atoms with Crippen molar-refractivity contribution in [1.82, 2.24) is 9.97 Å². The van der Waals surface area contributed by atoms with Crippen molar-refractivity contribution < 1.29 is 4.92 Å². The zero-order chi connectivity index (χ0) is 15.5. The second-order valence-electron chi connectivity index (χ2n) is 4.61. The number of halogens is 1. The number of benzene rings is 2. The van der Waals surface area contributed by atoms with Crippen LogP contribution in [0.25, 0.3) is 23.1 Å². The molecule has 0 bridgehead atoms. The molecule has 0 aliphatic rings. The Kier molecular flexibility index (Phi) is 3.80. The maximum Gasteiger partial charge on any atom is 0.271 e. The fraction of sp³-hybridized carbons (Fsp3) is 0. The van der Waals surface area contributed by atoms with Gasteiger partial charge in [0.25, 0.3) is 5.69 Å². The van der Waals surface area contributed by atoms with Crippen molar-refractivity contribution in [3.63, 3.8) is 0 Å². The maximum atomic E-state index is 10.8. The standard InChI is InChI=1S/C16H10ClN3O2/c17-13-5-1-11(2-6-13)3-8-16-18-10-12-4-7-14(20(21)22)9-15(12)19-16/h1-10H/b8-3+. The second kappa shape index (κ2) is 5.91. The highest BCUT2D eigenvalue weighted by Crippen LogP contribution is 2.19. The summed E-state index contributed by atoms with van der Waals surface area (Å²) in [5, 5.41) is 12.2. The largest absolute Gasteiger partial charge is 0.271 e. The second-order valence-corrected chi connectivity index (χ2v) is 5.05. The van der Waals surface area contributed by atoms with Crippen LogP contribution in [0.2, 0.25) is 5.02 Å². The molecule has 0 aliphatic heterocycles. The summed E-state index contributed by atoms with van der Waals surface area (Å²) in [6.45, 7) is 0. The first kappa shape index (κ1) is 14.2. The minimum absolute atomic E-state index is 0.0128. The minimum atomic E-state index is -0.440. The third-order valence-corrected chi connectivity index (χ3v) is 3.34. The van der Waals surface area contributed by atoms with E-state index in [1.54, 1.807) is 30.5 Å². The van der Waals surface area contributed by atoms with Crippen molar-refractivity contribution in [1.29, 1.82) is 0 Å². The molecule has 22 heavy (non-hydrogen) atoms. The Bertz CT molecular complexity index is 876. The zero-order valence-electron chi connectivity index (χ0n) is 11.3. The molecule has 0 fully saturated rings. The number of nitrogens with zero attached hydrogens (tertiary/aromatic N) is 3. The predicted octanol–water partition coefficient (Wildman–Crippen LogP) is 4.36. The van der Waals surface area contributed by atoms with E-state index in [-0.39, 0.29) is 5.69 Å². The van der Waals surface area contributed by atoms with Gasteiger partial charge in [0.15, 0.2) is 5.82 Å². The van der Waals surface area contributed by atoms with Crippen LogP contribution in [0.3, 0.4) is 0 Å². The lowest BCUT2D eigenvalue weighted by Gasteiger charge is -1.99. The van der Waals surface area contributed by atoms with Gasteiger partial charge in [-0.15, -0.1) is 0 Å². The number of aromatic nitrogens is 2. The highest BCUT2D eigenvalue weighted by atomic mass is 35.5. The molecule has 5 nitrogen and oxygen atoms in total. The number of fused-ring (bicyclic) bond motifs is 1. The SMILES string of the molecule is O=[N+]([O-])c1ccc2cnc(/C=C/c3ccc(Cl)cc3)nc2c1. The first-order valence-corrected chi connectivity index (χ1v) is 6.84. The molecule has 0 N–H and O–H groups in total. The lowest BCUT2D eigenvalue weighted by atomic mass is 10.2. The number of non-ortho nitro benzene ring substituents is 1. The Morgan fingerprint density at radius 3 is 2.59 bits per heavy atom. The van der Waals surface area contributed by atoms with Crippen LogP contribution >= 0.6 is 11.6 Å². The van der Waals surface area contributed by atoms with Crippen LogP contribution in [-0.4, -0.2) is 14.9 Å². The summed E-state index contributed by atoms with van der Waals surface area (Å²) >= 11 is 5.83. The lowest BCUT2D eigenvalue weighted by molar-refractivity contribution is -0.384. The van der Waals surface area contributed by atoms with Crippen LogP contribution < -0.4 is 0 Å². The summed E-state index contributed by atoms with van der Waals surface area (Å²) < 4.78 is 0.